The molecule has 0 bridgehead atoms. The zero-order valence-electron chi connectivity index (χ0n) is 19.8. The van der Waals surface area contributed by atoms with Crippen molar-refractivity contribution in [1.29, 1.82) is 0 Å². The molecule has 1 atom stereocenters. The second-order valence-electron chi connectivity index (χ2n) is 9.63. The molecule has 1 amide bonds. The molecule has 35 heavy (non-hydrogen) atoms. The summed E-state index contributed by atoms with van der Waals surface area (Å²) < 4.78 is 29.0. The Labute approximate surface area is 205 Å². The normalized spacial score (nSPS) is 20.3. The summed E-state index contributed by atoms with van der Waals surface area (Å²) in [7, 11) is -3.87. The maximum absolute atomic E-state index is 13.7. The SMILES string of the molecule is CC1CCN(C(=O)c2c[nH]c3ccc(S(=O)(=O)N4CCCCC4c4cccnc4)cc3c2=O)CC1. The van der Waals surface area contributed by atoms with Gasteiger partial charge in [0.1, 0.15) is 5.56 Å². The summed E-state index contributed by atoms with van der Waals surface area (Å²) in [5.74, 6) is 0.257. The van der Waals surface area contributed by atoms with Gasteiger partial charge in [0, 0.05) is 49.1 Å². The number of pyridine rings is 2. The quantitative estimate of drug-likeness (QED) is 0.596. The van der Waals surface area contributed by atoms with Gasteiger partial charge in [-0.15, -0.1) is 0 Å². The van der Waals surface area contributed by atoms with E-state index in [2.05, 4.69) is 16.9 Å². The van der Waals surface area contributed by atoms with Gasteiger partial charge < -0.3 is 9.88 Å². The number of likely N-dealkylation sites (tertiary alicyclic amines) is 1. The van der Waals surface area contributed by atoms with Crippen LogP contribution < -0.4 is 5.43 Å². The molecule has 0 spiro atoms. The first kappa shape index (κ1) is 23.7. The van der Waals surface area contributed by atoms with Crippen LogP contribution >= 0.6 is 0 Å². The van der Waals surface area contributed by atoms with Gasteiger partial charge >= 0.3 is 0 Å². The maximum atomic E-state index is 13.7. The van der Waals surface area contributed by atoms with Gasteiger partial charge in [0.15, 0.2) is 0 Å². The highest BCUT2D eigenvalue weighted by molar-refractivity contribution is 7.89. The molecule has 9 heteroatoms. The number of rotatable bonds is 4. The summed E-state index contributed by atoms with van der Waals surface area (Å²) in [6.07, 6.45) is 9.07. The highest BCUT2D eigenvalue weighted by Gasteiger charge is 2.35. The van der Waals surface area contributed by atoms with Gasteiger partial charge in [-0.1, -0.05) is 19.4 Å². The number of carbonyl (C=O) groups excluding carboxylic acids is 1. The Morgan fingerprint density at radius 1 is 1.09 bits per heavy atom. The molecular formula is C26H30N4O4S. The third-order valence-electron chi connectivity index (χ3n) is 7.28. The minimum absolute atomic E-state index is 0.0489. The number of carbonyl (C=O) groups is 1. The largest absolute Gasteiger partial charge is 0.360 e. The van der Waals surface area contributed by atoms with Crippen LogP contribution in [-0.4, -0.2) is 53.1 Å². The van der Waals surface area contributed by atoms with E-state index in [0.717, 1.165) is 31.2 Å². The van der Waals surface area contributed by atoms with Gasteiger partial charge in [-0.05, 0) is 61.4 Å². The molecule has 5 rings (SSSR count). The van der Waals surface area contributed by atoms with Gasteiger partial charge in [-0.2, -0.15) is 4.31 Å². The van der Waals surface area contributed by atoms with Crippen LogP contribution in [0.2, 0.25) is 0 Å². The van der Waals surface area contributed by atoms with E-state index in [1.807, 2.05) is 12.1 Å². The molecule has 2 fully saturated rings. The number of nitrogens with one attached hydrogen (secondary N) is 1. The summed E-state index contributed by atoms with van der Waals surface area (Å²) in [6.45, 7) is 3.81. The Kier molecular flexibility index (Phi) is 6.46. The molecule has 0 saturated carbocycles. The van der Waals surface area contributed by atoms with E-state index >= 15 is 0 Å². The number of amides is 1. The minimum Gasteiger partial charge on any atom is -0.360 e. The molecule has 4 heterocycles. The third-order valence-corrected chi connectivity index (χ3v) is 9.19. The Morgan fingerprint density at radius 3 is 2.63 bits per heavy atom. The molecule has 1 unspecified atom stereocenters. The van der Waals surface area contributed by atoms with Crippen molar-refractivity contribution < 1.29 is 13.2 Å². The maximum Gasteiger partial charge on any atom is 0.259 e. The third kappa shape index (κ3) is 4.50. The monoisotopic (exact) mass is 494 g/mol. The molecular weight excluding hydrogens is 464 g/mol. The van der Waals surface area contributed by atoms with Crippen LogP contribution in [0.25, 0.3) is 10.9 Å². The number of sulfonamides is 1. The van der Waals surface area contributed by atoms with Gasteiger partial charge in [-0.25, -0.2) is 8.42 Å². The first-order valence-corrected chi connectivity index (χ1v) is 13.7. The van der Waals surface area contributed by atoms with E-state index in [1.165, 1.54) is 22.6 Å². The fourth-order valence-electron chi connectivity index (χ4n) is 5.13. The van der Waals surface area contributed by atoms with E-state index < -0.39 is 15.5 Å². The molecule has 2 aliphatic rings. The van der Waals surface area contributed by atoms with Gasteiger partial charge in [0.25, 0.3) is 5.91 Å². The van der Waals surface area contributed by atoms with Crippen LogP contribution in [0, 0.1) is 5.92 Å². The van der Waals surface area contributed by atoms with Crippen molar-refractivity contribution in [3.8, 4) is 0 Å². The van der Waals surface area contributed by atoms with E-state index in [0.29, 0.717) is 37.5 Å². The Hall–Kier alpha value is -3.04. The van der Waals surface area contributed by atoms with E-state index in [-0.39, 0.29) is 27.8 Å². The lowest BCUT2D eigenvalue weighted by Gasteiger charge is -2.34. The Bertz CT molecular complexity index is 1400. The number of aromatic nitrogens is 2. The lowest BCUT2D eigenvalue weighted by atomic mass is 9.98. The molecule has 1 N–H and O–H groups in total. The smallest absolute Gasteiger partial charge is 0.259 e. The number of fused-ring (bicyclic) bond motifs is 1. The van der Waals surface area contributed by atoms with Crippen LogP contribution in [-0.2, 0) is 10.0 Å². The zero-order chi connectivity index (χ0) is 24.6. The average Bonchev–Trinajstić information content (AvgIpc) is 2.89. The molecule has 1 aromatic carbocycles. The number of piperidine rings is 2. The highest BCUT2D eigenvalue weighted by atomic mass is 32.2. The fourth-order valence-corrected chi connectivity index (χ4v) is 6.84. The van der Waals surface area contributed by atoms with Crippen LogP contribution in [0.1, 0.15) is 61.0 Å². The summed E-state index contributed by atoms with van der Waals surface area (Å²) in [4.78, 5) is 35.4. The van der Waals surface area contributed by atoms with Gasteiger partial charge in [0.05, 0.1) is 10.9 Å². The number of hydrogen-bond acceptors (Lipinski definition) is 5. The molecule has 3 aromatic rings. The first-order chi connectivity index (χ1) is 16.9. The Morgan fingerprint density at radius 2 is 1.89 bits per heavy atom. The fraction of sp³-hybridized carbons (Fsp3) is 0.423. The predicted molar refractivity (Wildman–Crippen MR) is 134 cm³/mol. The van der Waals surface area contributed by atoms with Crippen molar-refractivity contribution in [2.45, 2.75) is 50.0 Å². The van der Waals surface area contributed by atoms with Gasteiger partial charge in [0.2, 0.25) is 15.5 Å². The lowest BCUT2D eigenvalue weighted by molar-refractivity contribution is 0.0695. The standard InChI is InChI=1S/C26H30N4O4S/c1-18-9-13-29(14-10-18)26(32)22-17-28-23-8-7-20(15-21(23)25(22)31)35(33,34)30-12-3-2-6-24(30)19-5-4-11-27-16-19/h4-5,7-8,11,15-18,24H,2-3,6,9-10,12-14H2,1H3,(H,28,31). The van der Waals surface area contributed by atoms with Crippen molar-refractivity contribution in [1.82, 2.24) is 19.2 Å². The van der Waals surface area contributed by atoms with Crippen LogP contribution in [0.4, 0.5) is 0 Å². The predicted octanol–water partition coefficient (Wildman–Crippen LogP) is 3.71. The number of H-pyrrole nitrogens is 1. The Balaban J connectivity index is 1.51. The molecule has 0 aliphatic carbocycles. The van der Waals surface area contributed by atoms with Crippen LogP contribution in [0.15, 0.2) is 58.6 Å². The van der Waals surface area contributed by atoms with Crippen molar-refractivity contribution in [2.75, 3.05) is 19.6 Å². The molecule has 8 nitrogen and oxygen atoms in total. The van der Waals surface area contributed by atoms with E-state index in [9.17, 15) is 18.0 Å². The molecule has 184 valence electrons. The van der Waals surface area contributed by atoms with Crippen molar-refractivity contribution in [2.24, 2.45) is 5.92 Å². The summed E-state index contributed by atoms with van der Waals surface area (Å²) >= 11 is 0. The van der Waals surface area contributed by atoms with Crippen molar-refractivity contribution in [3.05, 3.63) is 70.3 Å². The zero-order valence-corrected chi connectivity index (χ0v) is 20.6. The molecule has 2 aliphatic heterocycles. The molecule has 2 saturated heterocycles. The second kappa shape index (κ2) is 9.54. The summed E-state index contributed by atoms with van der Waals surface area (Å²) in [6, 6.07) is 7.94. The van der Waals surface area contributed by atoms with E-state index in [4.69, 9.17) is 0 Å². The van der Waals surface area contributed by atoms with Crippen molar-refractivity contribution >= 4 is 26.8 Å². The minimum atomic E-state index is -3.87. The summed E-state index contributed by atoms with van der Waals surface area (Å²) in [5, 5.41) is 0.206. The highest BCUT2D eigenvalue weighted by Crippen LogP contribution is 2.35. The molecule has 0 radical (unpaired) electrons. The molecule has 2 aromatic heterocycles. The van der Waals surface area contributed by atoms with Crippen LogP contribution in [0.5, 0.6) is 0 Å². The number of aromatic amines is 1. The van der Waals surface area contributed by atoms with Gasteiger partial charge in [-0.3, -0.25) is 14.6 Å². The van der Waals surface area contributed by atoms with E-state index in [1.54, 1.807) is 23.4 Å². The topological polar surface area (TPSA) is 103 Å². The number of nitrogens with zero attached hydrogens (tertiary/aromatic N) is 3. The number of benzene rings is 1. The van der Waals surface area contributed by atoms with Crippen molar-refractivity contribution in [3.63, 3.8) is 0 Å². The number of hydrogen-bond donors (Lipinski definition) is 1. The first-order valence-electron chi connectivity index (χ1n) is 12.2. The lowest BCUT2D eigenvalue weighted by Crippen LogP contribution is -2.40. The second-order valence-corrected chi connectivity index (χ2v) is 11.5. The average molecular weight is 495 g/mol. The summed E-state index contributed by atoms with van der Waals surface area (Å²) in [5.41, 5.74) is 0.966. The van der Waals surface area contributed by atoms with Crippen LogP contribution in [0.3, 0.4) is 0 Å².